The summed E-state index contributed by atoms with van der Waals surface area (Å²) >= 11 is 0. The summed E-state index contributed by atoms with van der Waals surface area (Å²) in [5, 5.41) is 10.5. The number of phenolic OH excluding ortho intramolecular Hbond substituents is 1. The lowest BCUT2D eigenvalue weighted by Crippen LogP contribution is -2.02. The Hall–Kier alpha value is -2.54. The number of aryl methyl sites for hydroxylation is 2. The van der Waals surface area contributed by atoms with Crippen LogP contribution in [0.25, 0.3) is 0 Å². The van der Waals surface area contributed by atoms with Gasteiger partial charge >= 0.3 is 0 Å². The lowest BCUT2D eigenvalue weighted by molar-refractivity contribution is 0.468. The first-order valence-corrected chi connectivity index (χ1v) is 9.16. The summed E-state index contributed by atoms with van der Waals surface area (Å²) in [6.45, 7) is 4.38. The predicted molar refractivity (Wildman–Crippen MR) is 105 cm³/mol. The van der Waals surface area contributed by atoms with E-state index in [1.807, 2.05) is 6.07 Å². The molecule has 0 radical (unpaired) electrons. The molecule has 3 aromatic carbocycles. The average molecular weight is 330 g/mol. The van der Waals surface area contributed by atoms with Crippen LogP contribution in [0.4, 0.5) is 0 Å². The van der Waals surface area contributed by atoms with Crippen molar-refractivity contribution in [2.24, 2.45) is 0 Å². The van der Waals surface area contributed by atoms with Crippen molar-refractivity contribution in [2.75, 3.05) is 0 Å². The van der Waals surface area contributed by atoms with E-state index in [2.05, 4.69) is 68.4 Å². The fraction of sp³-hybridized carbons (Fsp3) is 0.250. The van der Waals surface area contributed by atoms with Crippen LogP contribution in [-0.2, 0) is 25.7 Å². The minimum absolute atomic E-state index is 0.400. The van der Waals surface area contributed by atoms with Gasteiger partial charge in [-0.3, -0.25) is 0 Å². The quantitative estimate of drug-likeness (QED) is 0.615. The van der Waals surface area contributed by atoms with Gasteiger partial charge in [-0.2, -0.15) is 0 Å². The van der Waals surface area contributed by atoms with Gasteiger partial charge in [0, 0.05) is 12.0 Å². The third-order valence-electron chi connectivity index (χ3n) is 5.00. The van der Waals surface area contributed by atoms with Crippen molar-refractivity contribution in [1.29, 1.82) is 0 Å². The molecule has 0 atom stereocenters. The summed E-state index contributed by atoms with van der Waals surface area (Å²) in [4.78, 5) is 0. The molecular formula is C24H26O. The van der Waals surface area contributed by atoms with Gasteiger partial charge in [0.25, 0.3) is 0 Å². The van der Waals surface area contributed by atoms with Crippen molar-refractivity contribution in [3.63, 3.8) is 0 Å². The molecule has 25 heavy (non-hydrogen) atoms. The van der Waals surface area contributed by atoms with E-state index < -0.39 is 0 Å². The first-order valence-electron chi connectivity index (χ1n) is 9.16. The highest BCUT2D eigenvalue weighted by atomic mass is 16.3. The first kappa shape index (κ1) is 17.3. The van der Waals surface area contributed by atoms with E-state index >= 15 is 0 Å². The predicted octanol–water partition coefficient (Wildman–Crippen LogP) is 5.70. The number of hydrogen-bond donors (Lipinski definition) is 1. The maximum Gasteiger partial charge on any atom is 0.119 e. The second-order valence-corrected chi connectivity index (χ2v) is 6.51. The van der Waals surface area contributed by atoms with Gasteiger partial charge in [-0.1, -0.05) is 74.5 Å². The number of aromatic hydroxyl groups is 1. The first-order chi connectivity index (χ1) is 12.2. The molecule has 1 N–H and O–H groups in total. The monoisotopic (exact) mass is 330 g/mol. The van der Waals surface area contributed by atoms with Crippen molar-refractivity contribution in [3.8, 4) is 5.75 Å². The largest absolute Gasteiger partial charge is 0.508 e. The maximum atomic E-state index is 10.5. The van der Waals surface area contributed by atoms with Crippen molar-refractivity contribution in [2.45, 2.75) is 39.5 Å². The fourth-order valence-corrected chi connectivity index (χ4v) is 3.54. The molecule has 0 fully saturated rings. The molecule has 3 aromatic rings. The third-order valence-corrected chi connectivity index (χ3v) is 5.00. The molecule has 3 rings (SSSR count). The molecule has 1 heteroatoms. The van der Waals surface area contributed by atoms with Gasteiger partial charge in [-0.05, 0) is 53.1 Å². The van der Waals surface area contributed by atoms with Gasteiger partial charge in [0.05, 0.1) is 0 Å². The molecule has 0 aliphatic carbocycles. The maximum absolute atomic E-state index is 10.5. The van der Waals surface area contributed by atoms with Crippen LogP contribution in [0, 0.1) is 0 Å². The Kier molecular flexibility index (Phi) is 5.55. The Bertz CT molecular complexity index is 848. The van der Waals surface area contributed by atoms with Crippen molar-refractivity contribution in [3.05, 3.63) is 100 Å². The topological polar surface area (TPSA) is 20.2 Å². The molecule has 0 aliphatic rings. The highest BCUT2D eigenvalue weighted by Crippen LogP contribution is 2.28. The molecule has 0 heterocycles. The summed E-state index contributed by atoms with van der Waals surface area (Å²) in [6, 6.07) is 23.0. The van der Waals surface area contributed by atoms with Gasteiger partial charge in [-0.25, -0.2) is 0 Å². The summed E-state index contributed by atoms with van der Waals surface area (Å²) in [5.74, 6) is 0.400. The van der Waals surface area contributed by atoms with Crippen LogP contribution in [0.5, 0.6) is 5.75 Å². The molecule has 0 amide bonds. The van der Waals surface area contributed by atoms with Crippen molar-refractivity contribution < 1.29 is 5.11 Å². The molecule has 0 saturated heterocycles. The zero-order valence-electron chi connectivity index (χ0n) is 15.1. The summed E-state index contributed by atoms with van der Waals surface area (Å²) in [6.07, 6.45) is 3.68. The Balaban J connectivity index is 1.98. The zero-order chi connectivity index (χ0) is 17.6. The average Bonchev–Trinajstić information content (AvgIpc) is 2.65. The lowest BCUT2D eigenvalue weighted by atomic mass is 9.90. The molecule has 128 valence electrons. The summed E-state index contributed by atoms with van der Waals surface area (Å²) < 4.78 is 0. The van der Waals surface area contributed by atoms with Crippen LogP contribution >= 0.6 is 0 Å². The molecule has 0 spiro atoms. The SMILES string of the molecule is CCc1ccccc1Cc1cccc(O)c1Cc1ccccc1CC. The van der Waals surface area contributed by atoms with E-state index in [1.165, 1.54) is 27.8 Å². The zero-order valence-corrected chi connectivity index (χ0v) is 15.1. The van der Waals surface area contributed by atoms with Gasteiger partial charge < -0.3 is 5.11 Å². The number of hydrogen-bond acceptors (Lipinski definition) is 1. The molecule has 1 nitrogen and oxygen atoms in total. The van der Waals surface area contributed by atoms with Crippen molar-refractivity contribution in [1.82, 2.24) is 0 Å². The minimum atomic E-state index is 0.400. The van der Waals surface area contributed by atoms with E-state index in [1.54, 1.807) is 6.07 Å². The number of phenols is 1. The summed E-state index contributed by atoms with van der Waals surface area (Å²) in [7, 11) is 0. The van der Waals surface area contributed by atoms with Gasteiger partial charge in [0.15, 0.2) is 0 Å². The van der Waals surface area contributed by atoms with Gasteiger partial charge in [-0.15, -0.1) is 0 Å². The second kappa shape index (κ2) is 8.02. The van der Waals surface area contributed by atoms with Gasteiger partial charge in [0.2, 0.25) is 0 Å². The minimum Gasteiger partial charge on any atom is -0.508 e. The second-order valence-electron chi connectivity index (χ2n) is 6.51. The smallest absolute Gasteiger partial charge is 0.119 e. The van der Waals surface area contributed by atoms with E-state index in [9.17, 15) is 5.11 Å². The van der Waals surface area contributed by atoms with E-state index in [4.69, 9.17) is 0 Å². The van der Waals surface area contributed by atoms with Crippen LogP contribution in [0.2, 0.25) is 0 Å². The van der Waals surface area contributed by atoms with Gasteiger partial charge in [0.1, 0.15) is 5.75 Å². The van der Waals surface area contributed by atoms with Crippen LogP contribution in [0.1, 0.15) is 47.2 Å². The van der Waals surface area contributed by atoms with E-state index in [-0.39, 0.29) is 0 Å². The van der Waals surface area contributed by atoms with Crippen LogP contribution in [0.3, 0.4) is 0 Å². The Morgan fingerprint density at radius 1 is 0.560 bits per heavy atom. The fourth-order valence-electron chi connectivity index (χ4n) is 3.54. The van der Waals surface area contributed by atoms with Crippen LogP contribution < -0.4 is 0 Å². The van der Waals surface area contributed by atoms with E-state index in [0.29, 0.717) is 5.75 Å². The van der Waals surface area contributed by atoms with E-state index in [0.717, 1.165) is 31.2 Å². The third kappa shape index (κ3) is 3.93. The lowest BCUT2D eigenvalue weighted by Gasteiger charge is -2.15. The standard InChI is InChI=1S/C24H26O/c1-3-18-10-5-7-12-20(18)16-22-14-9-15-24(25)23(22)17-21-13-8-6-11-19(21)4-2/h5-15,25H,3-4,16-17H2,1-2H3. The Morgan fingerprint density at radius 2 is 1.04 bits per heavy atom. The molecule has 0 aromatic heterocycles. The normalized spacial score (nSPS) is 10.8. The van der Waals surface area contributed by atoms with Crippen LogP contribution in [0.15, 0.2) is 66.7 Å². The Morgan fingerprint density at radius 3 is 1.60 bits per heavy atom. The van der Waals surface area contributed by atoms with Crippen LogP contribution in [-0.4, -0.2) is 5.11 Å². The number of benzene rings is 3. The number of rotatable bonds is 6. The van der Waals surface area contributed by atoms with Crippen molar-refractivity contribution >= 4 is 0 Å². The summed E-state index contributed by atoms with van der Waals surface area (Å²) in [5.41, 5.74) is 7.65. The highest BCUT2D eigenvalue weighted by molar-refractivity contribution is 5.46. The molecular weight excluding hydrogens is 304 g/mol. The molecule has 0 aliphatic heterocycles. The molecule has 0 unspecified atom stereocenters. The Labute approximate surface area is 151 Å². The highest BCUT2D eigenvalue weighted by Gasteiger charge is 2.12. The molecule has 0 saturated carbocycles. The molecule has 0 bridgehead atoms.